The predicted octanol–water partition coefficient (Wildman–Crippen LogP) is 1.42. The minimum absolute atomic E-state index is 0.107. The first kappa shape index (κ1) is 15.4. The maximum Gasteiger partial charge on any atom is 0.340 e. The van der Waals surface area contributed by atoms with Gasteiger partial charge < -0.3 is 20.7 Å². The average molecular weight is 312 g/mol. The van der Waals surface area contributed by atoms with E-state index < -0.39 is 12.0 Å². The lowest BCUT2D eigenvalue weighted by Gasteiger charge is -2.36. The van der Waals surface area contributed by atoms with Gasteiger partial charge in [-0.2, -0.15) is 0 Å². The smallest absolute Gasteiger partial charge is 0.340 e. The summed E-state index contributed by atoms with van der Waals surface area (Å²) in [6.45, 7) is 4.79. The summed E-state index contributed by atoms with van der Waals surface area (Å²) in [5.41, 5.74) is 6.91. The van der Waals surface area contributed by atoms with Crippen LogP contribution in [0.15, 0.2) is 12.1 Å². The number of nitrogens with two attached hydrogens (primary N) is 1. The van der Waals surface area contributed by atoms with Gasteiger partial charge in [0.15, 0.2) is 0 Å². The topological polar surface area (TPSA) is 84.7 Å². The summed E-state index contributed by atoms with van der Waals surface area (Å²) in [7, 11) is 0. The zero-order chi connectivity index (χ0) is 15.6. The molecule has 6 nitrogen and oxygen atoms in total. The van der Waals surface area contributed by atoms with Crippen LogP contribution < -0.4 is 16.0 Å². The fourth-order valence-electron chi connectivity index (χ4n) is 2.36. The van der Waals surface area contributed by atoms with Gasteiger partial charge in [-0.3, -0.25) is 4.79 Å². The van der Waals surface area contributed by atoms with Crippen molar-refractivity contribution in [2.45, 2.75) is 19.9 Å². The SMILES string of the molecule is CCOC(=O)c1cc(N)cc(Cl)c1N1CCNC(=O)C1C. The number of carbonyl (C=O) groups is 2. The number of rotatable bonds is 3. The van der Waals surface area contributed by atoms with Crippen LogP contribution in [0.1, 0.15) is 24.2 Å². The number of benzene rings is 1. The Labute approximate surface area is 128 Å². The molecule has 21 heavy (non-hydrogen) atoms. The summed E-state index contributed by atoms with van der Waals surface area (Å²) in [4.78, 5) is 25.8. The number of hydrogen-bond acceptors (Lipinski definition) is 5. The van der Waals surface area contributed by atoms with Crippen LogP contribution in [0.4, 0.5) is 11.4 Å². The first-order valence-electron chi connectivity index (χ1n) is 6.76. The van der Waals surface area contributed by atoms with Crippen molar-refractivity contribution in [3.05, 3.63) is 22.7 Å². The van der Waals surface area contributed by atoms with E-state index in [1.807, 2.05) is 0 Å². The van der Waals surface area contributed by atoms with Gasteiger partial charge in [0.05, 0.1) is 22.9 Å². The summed E-state index contributed by atoms with van der Waals surface area (Å²) in [5.74, 6) is -0.608. The van der Waals surface area contributed by atoms with Crippen molar-refractivity contribution in [2.24, 2.45) is 0 Å². The van der Waals surface area contributed by atoms with Gasteiger partial charge in [0.2, 0.25) is 5.91 Å². The van der Waals surface area contributed by atoms with Crippen LogP contribution in [0.3, 0.4) is 0 Å². The molecule has 1 amide bonds. The van der Waals surface area contributed by atoms with E-state index in [0.717, 1.165) is 0 Å². The molecule has 0 saturated carbocycles. The Kier molecular flexibility index (Phi) is 4.57. The minimum atomic E-state index is -0.500. The molecular weight excluding hydrogens is 294 g/mol. The third-order valence-electron chi connectivity index (χ3n) is 3.37. The number of nitrogens with one attached hydrogen (secondary N) is 1. The molecule has 1 aromatic carbocycles. The number of nitrogen functional groups attached to an aromatic ring is 1. The standard InChI is InChI=1S/C14H18ClN3O3/c1-3-21-14(20)10-6-9(16)7-11(15)12(10)18-5-4-17-13(19)8(18)2/h6-8H,3-5,16H2,1-2H3,(H,17,19). The van der Waals surface area contributed by atoms with E-state index in [-0.39, 0.29) is 18.1 Å². The first-order valence-corrected chi connectivity index (χ1v) is 7.14. The number of halogens is 1. The van der Waals surface area contributed by atoms with E-state index in [1.54, 1.807) is 24.8 Å². The van der Waals surface area contributed by atoms with Crippen molar-refractivity contribution in [3.63, 3.8) is 0 Å². The molecular formula is C14H18ClN3O3. The number of ether oxygens (including phenoxy) is 1. The van der Waals surface area contributed by atoms with Crippen LogP contribution >= 0.6 is 11.6 Å². The van der Waals surface area contributed by atoms with Crippen LogP contribution in [0, 0.1) is 0 Å². The number of piperazine rings is 1. The predicted molar refractivity (Wildman–Crippen MR) is 81.6 cm³/mol. The van der Waals surface area contributed by atoms with Crippen molar-refractivity contribution in [1.29, 1.82) is 0 Å². The lowest BCUT2D eigenvalue weighted by molar-refractivity contribution is -0.122. The zero-order valence-corrected chi connectivity index (χ0v) is 12.7. The molecule has 0 spiro atoms. The Hall–Kier alpha value is -1.95. The van der Waals surface area contributed by atoms with Gasteiger partial charge in [0.25, 0.3) is 0 Å². The van der Waals surface area contributed by atoms with Gasteiger partial charge in [-0.05, 0) is 26.0 Å². The molecule has 0 bridgehead atoms. The number of carbonyl (C=O) groups excluding carboxylic acids is 2. The van der Waals surface area contributed by atoms with Gasteiger partial charge in [-0.15, -0.1) is 0 Å². The number of anilines is 2. The number of nitrogens with zero attached hydrogens (tertiary/aromatic N) is 1. The summed E-state index contributed by atoms with van der Waals surface area (Å²) in [6.07, 6.45) is 0. The molecule has 1 aliphatic rings. The van der Waals surface area contributed by atoms with Crippen molar-refractivity contribution in [1.82, 2.24) is 5.32 Å². The van der Waals surface area contributed by atoms with Gasteiger partial charge in [-0.25, -0.2) is 4.79 Å². The second kappa shape index (κ2) is 6.22. The fraction of sp³-hybridized carbons (Fsp3) is 0.429. The molecule has 1 atom stereocenters. The highest BCUT2D eigenvalue weighted by molar-refractivity contribution is 6.34. The highest BCUT2D eigenvalue weighted by Gasteiger charge is 2.30. The van der Waals surface area contributed by atoms with Gasteiger partial charge >= 0.3 is 5.97 Å². The highest BCUT2D eigenvalue weighted by Crippen LogP contribution is 2.34. The molecule has 1 aliphatic heterocycles. The van der Waals surface area contributed by atoms with Crippen molar-refractivity contribution in [3.8, 4) is 0 Å². The molecule has 0 aromatic heterocycles. The van der Waals surface area contributed by atoms with E-state index in [1.165, 1.54) is 6.07 Å². The number of amides is 1. The lowest BCUT2D eigenvalue weighted by atomic mass is 10.1. The van der Waals surface area contributed by atoms with Crippen molar-refractivity contribution in [2.75, 3.05) is 30.3 Å². The Bertz CT molecular complexity index is 577. The van der Waals surface area contributed by atoms with Gasteiger partial charge in [0.1, 0.15) is 6.04 Å². The van der Waals surface area contributed by atoms with Crippen LogP contribution in [0.25, 0.3) is 0 Å². The average Bonchev–Trinajstić information content (AvgIpc) is 2.42. The minimum Gasteiger partial charge on any atom is -0.462 e. The summed E-state index contributed by atoms with van der Waals surface area (Å²) < 4.78 is 5.05. The number of esters is 1. The third kappa shape index (κ3) is 3.05. The molecule has 0 radical (unpaired) electrons. The van der Waals surface area contributed by atoms with E-state index in [2.05, 4.69) is 5.32 Å². The molecule has 114 valence electrons. The zero-order valence-electron chi connectivity index (χ0n) is 12.0. The fourth-order valence-corrected chi connectivity index (χ4v) is 2.70. The highest BCUT2D eigenvalue weighted by atomic mass is 35.5. The summed E-state index contributed by atoms with van der Waals surface area (Å²) in [6, 6.07) is 2.67. The molecule has 1 saturated heterocycles. The molecule has 2 rings (SSSR count). The van der Waals surface area contributed by atoms with Gasteiger partial charge in [-0.1, -0.05) is 11.6 Å². The summed E-state index contributed by atoms with van der Waals surface area (Å²) >= 11 is 6.26. The molecule has 1 heterocycles. The Balaban J connectivity index is 2.50. The van der Waals surface area contributed by atoms with E-state index in [0.29, 0.717) is 29.5 Å². The van der Waals surface area contributed by atoms with E-state index in [4.69, 9.17) is 22.1 Å². The Morgan fingerprint density at radius 3 is 2.95 bits per heavy atom. The second-order valence-electron chi connectivity index (χ2n) is 4.78. The maximum atomic E-state index is 12.1. The molecule has 3 N–H and O–H groups in total. The molecule has 7 heteroatoms. The monoisotopic (exact) mass is 311 g/mol. The van der Waals surface area contributed by atoms with Crippen molar-refractivity contribution >= 4 is 34.9 Å². The van der Waals surface area contributed by atoms with E-state index in [9.17, 15) is 9.59 Å². The van der Waals surface area contributed by atoms with E-state index >= 15 is 0 Å². The molecule has 1 fully saturated rings. The van der Waals surface area contributed by atoms with Gasteiger partial charge in [0, 0.05) is 18.8 Å². The van der Waals surface area contributed by atoms with Crippen LogP contribution in [0.5, 0.6) is 0 Å². The van der Waals surface area contributed by atoms with Crippen molar-refractivity contribution < 1.29 is 14.3 Å². The maximum absolute atomic E-state index is 12.1. The van der Waals surface area contributed by atoms with Crippen LogP contribution in [-0.2, 0) is 9.53 Å². The lowest BCUT2D eigenvalue weighted by Crippen LogP contribution is -2.54. The Morgan fingerprint density at radius 2 is 2.29 bits per heavy atom. The largest absolute Gasteiger partial charge is 0.462 e. The van der Waals surface area contributed by atoms with Crippen LogP contribution in [-0.4, -0.2) is 37.6 Å². The van der Waals surface area contributed by atoms with Crippen LogP contribution in [0.2, 0.25) is 5.02 Å². The Morgan fingerprint density at radius 1 is 1.57 bits per heavy atom. The normalized spacial score (nSPS) is 18.3. The quantitative estimate of drug-likeness (QED) is 0.651. The third-order valence-corrected chi connectivity index (χ3v) is 3.66. The second-order valence-corrected chi connectivity index (χ2v) is 5.19. The summed E-state index contributed by atoms with van der Waals surface area (Å²) in [5, 5.41) is 3.10. The molecule has 0 aliphatic carbocycles. The number of hydrogen-bond donors (Lipinski definition) is 2. The molecule has 1 unspecified atom stereocenters. The first-order chi connectivity index (χ1) is 9.95. The molecule has 1 aromatic rings.